The van der Waals surface area contributed by atoms with Crippen LogP contribution in [-0.4, -0.2) is 33.7 Å². The van der Waals surface area contributed by atoms with Crippen molar-refractivity contribution in [2.45, 2.75) is 51.0 Å². The number of aliphatic carboxylic acids is 1. The molecule has 1 aliphatic carbocycles. The second-order valence-electron chi connectivity index (χ2n) is 11.1. The number of thiazole rings is 1. The number of nitrogens with zero attached hydrogens (tertiary/aromatic N) is 3. The summed E-state index contributed by atoms with van der Waals surface area (Å²) in [7, 11) is 0. The van der Waals surface area contributed by atoms with Gasteiger partial charge in [0.2, 0.25) is 0 Å². The maximum Gasteiger partial charge on any atom is 0.305 e. The second-order valence-corrected chi connectivity index (χ2v) is 11.9. The van der Waals surface area contributed by atoms with Gasteiger partial charge >= 0.3 is 5.97 Å². The van der Waals surface area contributed by atoms with Crippen molar-refractivity contribution < 1.29 is 19.2 Å². The molecule has 6 rings (SSSR count). The second kappa shape index (κ2) is 13.7. The number of hydrogen-bond donors (Lipinski definition) is 2. The predicted octanol–water partition coefficient (Wildman–Crippen LogP) is 8.06. The molecule has 9 heteroatoms. The fourth-order valence-corrected chi connectivity index (χ4v) is 6.44. The number of rotatable bonds is 11. The molecule has 0 aliphatic heterocycles. The van der Waals surface area contributed by atoms with Crippen LogP contribution in [0.2, 0.25) is 0 Å². The number of hydrogen-bond acceptors (Lipinski definition) is 7. The number of anilines is 2. The van der Waals surface area contributed by atoms with Gasteiger partial charge in [0, 0.05) is 34.8 Å². The first kappa shape index (κ1) is 29.3. The Kier molecular flexibility index (Phi) is 9.12. The molecule has 0 radical (unpaired) electrons. The molecule has 0 atom stereocenters. The summed E-state index contributed by atoms with van der Waals surface area (Å²) in [5.41, 5.74) is 6.38. The lowest BCUT2D eigenvalue weighted by Gasteiger charge is -2.25. The van der Waals surface area contributed by atoms with Gasteiger partial charge in [-0.1, -0.05) is 79.0 Å². The highest BCUT2D eigenvalue weighted by atomic mass is 32.1. The molecule has 2 heterocycles. The Morgan fingerprint density at radius 2 is 1.68 bits per heavy atom. The number of carbonyl (C=O) groups excluding carboxylic acids is 1. The van der Waals surface area contributed by atoms with Crippen LogP contribution in [0, 0.1) is 0 Å². The zero-order valence-electron chi connectivity index (χ0n) is 24.3. The molecule has 3 aromatic carbocycles. The van der Waals surface area contributed by atoms with Crippen LogP contribution in [0.15, 0.2) is 94.8 Å². The molecular weight excluding hydrogens is 572 g/mol. The van der Waals surface area contributed by atoms with E-state index in [4.69, 9.17) is 14.6 Å². The highest BCUT2D eigenvalue weighted by molar-refractivity contribution is 7.14. The van der Waals surface area contributed by atoms with E-state index in [0.717, 1.165) is 33.3 Å². The fraction of sp³-hybridized carbons (Fsp3) is 0.257. The summed E-state index contributed by atoms with van der Waals surface area (Å²) in [6.07, 6.45) is 6.29. The van der Waals surface area contributed by atoms with Crippen molar-refractivity contribution in [1.29, 1.82) is 0 Å². The standard InChI is InChI=1S/C35H34N4O4S/c40-33(41)19-20-36-34(42)28-13-11-24(12-14-28)22-39(29-17-15-26(16-18-29)25-7-3-1-4-8-25)35-37-31(23-44-35)32-21-30(38-43-32)27-9-5-2-6-10-27/h2,5-6,9-18,21,23,25H,1,3-4,7-8,19-20,22H2,(H,36,42)(H,40,41). The summed E-state index contributed by atoms with van der Waals surface area (Å²) >= 11 is 1.54. The highest BCUT2D eigenvalue weighted by Gasteiger charge is 2.20. The van der Waals surface area contributed by atoms with Crippen LogP contribution < -0.4 is 10.2 Å². The molecule has 0 bridgehead atoms. The lowest BCUT2D eigenvalue weighted by molar-refractivity contribution is -0.136. The van der Waals surface area contributed by atoms with Crippen LogP contribution in [0.1, 0.15) is 65.9 Å². The maximum absolute atomic E-state index is 12.5. The SMILES string of the molecule is O=C(O)CCNC(=O)c1ccc(CN(c2ccc(C3CCCCC3)cc2)c2nc(-c3cc(-c4ccccc4)no3)cs2)cc1. The third kappa shape index (κ3) is 7.06. The van der Waals surface area contributed by atoms with E-state index >= 15 is 0 Å². The average molecular weight is 607 g/mol. The van der Waals surface area contributed by atoms with E-state index in [1.165, 1.54) is 49.0 Å². The van der Waals surface area contributed by atoms with Gasteiger partial charge < -0.3 is 19.8 Å². The number of carboxylic acids is 1. The molecule has 0 unspecified atom stereocenters. The molecule has 2 aromatic heterocycles. The van der Waals surface area contributed by atoms with E-state index < -0.39 is 5.97 Å². The molecule has 44 heavy (non-hydrogen) atoms. The Bertz CT molecular complexity index is 1690. The molecule has 0 spiro atoms. The van der Waals surface area contributed by atoms with E-state index in [0.29, 0.717) is 23.8 Å². The monoisotopic (exact) mass is 606 g/mol. The lowest BCUT2D eigenvalue weighted by Crippen LogP contribution is -2.26. The first-order valence-corrected chi connectivity index (χ1v) is 15.9. The highest BCUT2D eigenvalue weighted by Crippen LogP contribution is 2.37. The number of carbonyl (C=O) groups is 2. The third-order valence-corrected chi connectivity index (χ3v) is 8.88. The number of aromatic nitrogens is 2. The zero-order chi connectivity index (χ0) is 30.3. The molecule has 0 saturated heterocycles. The topological polar surface area (TPSA) is 109 Å². The Balaban J connectivity index is 1.24. The van der Waals surface area contributed by atoms with Gasteiger partial charge in [-0.2, -0.15) is 0 Å². The fourth-order valence-electron chi connectivity index (χ4n) is 5.60. The molecule has 1 fully saturated rings. The van der Waals surface area contributed by atoms with Crippen molar-refractivity contribution in [3.63, 3.8) is 0 Å². The minimum atomic E-state index is -0.946. The molecule has 8 nitrogen and oxygen atoms in total. The van der Waals surface area contributed by atoms with Gasteiger partial charge in [0.1, 0.15) is 11.4 Å². The van der Waals surface area contributed by atoms with E-state index in [1.807, 2.05) is 53.9 Å². The minimum absolute atomic E-state index is 0.0883. The van der Waals surface area contributed by atoms with Crippen molar-refractivity contribution >= 4 is 34.0 Å². The molecule has 1 aliphatic rings. The van der Waals surface area contributed by atoms with Gasteiger partial charge in [-0.25, -0.2) is 4.98 Å². The number of benzene rings is 3. The molecule has 1 saturated carbocycles. The average Bonchev–Trinajstić information content (AvgIpc) is 3.76. The summed E-state index contributed by atoms with van der Waals surface area (Å²) in [6.45, 7) is 0.632. The van der Waals surface area contributed by atoms with Gasteiger partial charge in [-0.15, -0.1) is 11.3 Å². The largest absolute Gasteiger partial charge is 0.481 e. The third-order valence-electron chi connectivity index (χ3n) is 8.02. The summed E-state index contributed by atoms with van der Waals surface area (Å²) in [6, 6.07) is 28.1. The van der Waals surface area contributed by atoms with Gasteiger partial charge in [0.15, 0.2) is 10.9 Å². The van der Waals surface area contributed by atoms with Gasteiger partial charge in [0.25, 0.3) is 5.91 Å². The smallest absolute Gasteiger partial charge is 0.305 e. The maximum atomic E-state index is 12.5. The first-order valence-electron chi connectivity index (χ1n) is 15.0. The van der Waals surface area contributed by atoms with Gasteiger partial charge in [0.05, 0.1) is 13.0 Å². The molecular formula is C35H34N4O4S. The van der Waals surface area contributed by atoms with Gasteiger partial charge in [-0.3, -0.25) is 9.59 Å². The number of carboxylic acid groups (broad SMARTS) is 1. The van der Waals surface area contributed by atoms with Crippen molar-refractivity contribution in [2.24, 2.45) is 0 Å². The normalized spacial score (nSPS) is 13.5. The number of nitrogens with one attached hydrogen (secondary N) is 1. The zero-order valence-corrected chi connectivity index (χ0v) is 25.1. The van der Waals surface area contributed by atoms with Crippen LogP contribution in [0.5, 0.6) is 0 Å². The summed E-state index contributed by atoms with van der Waals surface area (Å²) in [5, 5.41) is 18.5. The van der Waals surface area contributed by atoms with Crippen molar-refractivity contribution in [3.05, 3.63) is 107 Å². The van der Waals surface area contributed by atoms with E-state index in [2.05, 4.69) is 39.6 Å². The van der Waals surface area contributed by atoms with E-state index in [9.17, 15) is 9.59 Å². The Morgan fingerprint density at radius 3 is 2.41 bits per heavy atom. The first-order chi connectivity index (χ1) is 21.5. The van der Waals surface area contributed by atoms with Crippen LogP contribution in [0.25, 0.3) is 22.7 Å². The summed E-state index contributed by atoms with van der Waals surface area (Å²) in [4.78, 5) is 30.4. The van der Waals surface area contributed by atoms with Crippen molar-refractivity contribution in [3.8, 4) is 22.7 Å². The Labute approximate surface area is 260 Å². The van der Waals surface area contributed by atoms with Crippen LogP contribution >= 0.6 is 11.3 Å². The van der Waals surface area contributed by atoms with Crippen LogP contribution in [0.4, 0.5) is 10.8 Å². The Morgan fingerprint density at radius 1 is 0.932 bits per heavy atom. The van der Waals surface area contributed by atoms with Crippen molar-refractivity contribution in [2.75, 3.05) is 11.4 Å². The van der Waals surface area contributed by atoms with E-state index in [-0.39, 0.29) is 18.9 Å². The minimum Gasteiger partial charge on any atom is -0.481 e. The number of amides is 1. The Hall–Kier alpha value is -4.76. The van der Waals surface area contributed by atoms with Crippen LogP contribution in [0.3, 0.4) is 0 Å². The summed E-state index contributed by atoms with van der Waals surface area (Å²) in [5.74, 6) is -0.00775. The van der Waals surface area contributed by atoms with Crippen molar-refractivity contribution in [1.82, 2.24) is 15.5 Å². The lowest BCUT2D eigenvalue weighted by atomic mass is 9.84. The predicted molar refractivity (Wildman–Crippen MR) is 172 cm³/mol. The molecule has 224 valence electrons. The molecule has 5 aromatic rings. The summed E-state index contributed by atoms with van der Waals surface area (Å²) < 4.78 is 5.69. The molecule has 1 amide bonds. The van der Waals surface area contributed by atoms with Gasteiger partial charge in [-0.05, 0) is 54.2 Å². The van der Waals surface area contributed by atoms with Crippen LogP contribution in [-0.2, 0) is 11.3 Å². The quantitative estimate of drug-likeness (QED) is 0.157. The van der Waals surface area contributed by atoms with E-state index in [1.54, 1.807) is 12.1 Å². The molecule has 2 N–H and O–H groups in total.